The summed E-state index contributed by atoms with van der Waals surface area (Å²) < 4.78 is 13.1. The molecule has 1 fully saturated rings. The lowest BCUT2D eigenvalue weighted by Crippen LogP contribution is -2.48. The summed E-state index contributed by atoms with van der Waals surface area (Å²) in [5.41, 5.74) is 1.72. The van der Waals surface area contributed by atoms with Gasteiger partial charge in [0.15, 0.2) is 6.23 Å². The minimum absolute atomic E-state index is 0.139. The number of carbonyl (C=O) groups is 1. The number of aliphatic hydroxyl groups excluding tert-OH is 1. The number of hydrogen-bond acceptors (Lipinski definition) is 4. The van der Waals surface area contributed by atoms with Crippen molar-refractivity contribution >= 4 is 16.7 Å². The van der Waals surface area contributed by atoms with E-state index >= 15 is 0 Å². The van der Waals surface area contributed by atoms with Gasteiger partial charge >= 0.3 is 0 Å². The van der Waals surface area contributed by atoms with E-state index in [0.29, 0.717) is 37.9 Å². The molecule has 2 aliphatic heterocycles. The Morgan fingerprint density at radius 1 is 0.970 bits per heavy atom. The van der Waals surface area contributed by atoms with Crippen LogP contribution in [0.5, 0.6) is 0 Å². The van der Waals surface area contributed by atoms with Crippen molar-refractivity contribution < 1.29 is 19.4 Å². The van der Waals surface area contributed by atoms with E-state index < -0.39 is 11.8 Å². The van der Waals surface area contributed by atoms with E-state index in [4.69, 9.17) is 0 Å². The third kappa shape index (κ3) is 4.38. The van der Waals surface area contributed by atoms with Gasteiger partial charge in [0, 0.05) is 42.7 Å². The standard InChI is InChI=1S/C27H29FN2O3/c28-21-9-7-19(8-10-21)11-12-27(33)13-15-29(16-14-27)17-18-30-25(31)22-5-1-3-20-4-2-6-23(24(20)22)26(30)32/h1-10,25,31,33H,11-18H2. The zero-order chi connectivity index (χ0) is 23.0. The molecule has 0 bridgehead atoms. The molecule has 0 aromatic heterocycles. The van der Waals surface area contributed by atoms with E-state index in [-0.39, 0.29) is 11.7 Å². The third-order valence-corrected chi connectivity index (χ3v) is 7.24. The Hall–Kier alpha value is -2.80. The van der Waals surface area contributed by atoms with Crippen LogP contribution >= 0.6 is 0 Å². The molecule has 5 rings (SSSR count). The summed E-state index contributed by atoms with van der Waals surface area (Å²) in [7, 11) is 0. The van der Waals surface area contributed by atoms with Crippen molar-refractivity contribution in [1.29, 1.82) is 0 Å². The predicted octanol–water partition coefficient (Wildman–Crippen LogP) is 3.89. The van der Waals surface area contributed by atoms with E-state index in [1.165, 1.54) is 12.1 Å². The molecule has 33 heavy (non-hydrogen) atoms. The second kappa shape index (κ2) is 8.86. The quantitative estimate of drug-likeness (QED) is 0.601. The maximum absolute atomic E-state index is 13.1. The van der Waals surface area contributed by atoms with E-state index in [9.17, 15) is 19.4 Å². The van der Waals surface area contributed by atoms with E-state index in [0.717, 1.165) is 41.4 Å². The van der Waals surface area contributed by atoms with Crippen LogP contribution in [0.2, 0.25) is 0 Å². The third-order valence-electron chi connectivity index (χ3n) is 7.24. The number of benzene rings is 3. The highest BCUT2D eigenvalue weighted by molar-refractivity contribution is 6.10. The lowest BCUT2D eigenvalue weighted by atomic mass is 9.85. The molecule has 0 saturated carbocycles. The van der Waals surface area contributed by atoms with Crippen molar-refractivity contribution in [2.24, 2.45) is 0 Å². The zero-order valence-corrected chi connectivity index (χ0v) is 18.6. The summed E-state index contributed by atoms with van der Waals surface area (Å²) in [4.78, 5) is 16.9. The number of hydrogen-bond donors (Lipinski definition) is 2. The van der Waals surface area contributed by atoms with Gasteiger partial charge in [-0.1, -0.05) is 42.5 Å². The number of aliphatic hydroxyl groups is 2. The van der Waals surface area contributed by atoms with Crippen molar-refractivity contribution in [3.63, 3.8) is 0 Å². The number of amides is 1. The first-order chi connectivity index (χ1) is 15.9. The monoisotopic (exact) mass is 448 g/mol. The topological polar surface area (TPSA) is 64.0 Å². The van der Waals surface area contributed by atoms with Gasteiger partial charge in [-0.05, 0) is 54.8 Å². The summed E-state index contributed by atoms with van der Waals surface area (Å²) in [6, 6.07) is 17.9. The van der Waals surface area contributed by atoms with Crippen LogP contribution in [-0.2, 0) is 6.42 Å². The summed E-state index contributed by atoms with van der Waals surface area (Å²) >= 11 is 0. The number of likely N-dealkylation sites (tertiary alicyclic amines) is 1. The smallest absolute Gasteiger partial charge is 0.256 e. The van der Waals surface area contributed by atoms with Gasteiger partial charge in [0.25, 0.3) is 5.91 Å². The van der Waals surface area contributed by atoms with Crippen molar-refractivity contribution in [1.82, 2.24) is 9.80 Å². The van der Waals surface area contributed by atoms with Crippen LogP contribution in [-0.4, -0.2) is 57.7 Å². The maximum atomic E-state index is 13.1. The van der Waals surface area contributed by atoms with Crippen LogP contribution in [0, 0.1) is 5.82 Å². The molecule has 3 aromatic rings. The highest BCUT2D eigenvalue weighted by Gasteiger charge is 2.35. The number of rotatable bonds is 6. The zero-order valence-electron chi connectivity index (χ0n) is 18.6. The van der Waals surface area contributed by atoms with E-state index in [2.05, 4.69) is 4.90 Å². The second-order valence-electron chi connectivity index (χ2n) is 9.32. The first kappa shape index (κ1) is 22.0. The number of halogens is 1. The largest absolute Gasteiger partial charge is 0.390 e. The summed E-state index contributed by atoms with van der Waals surface area (Å²) in [5.74, 6) is -0.386. The van der Waals surface area contributed by atoms with Crippen molar-refractivity contribution in [2.45, 2.75) is 37.5 Å². The lowest BCUT2D eigenvalue weighted by Gasteiger charge is -2.40. The van der Waals surface area contributed by atoms with Crippen molar-refractivity contribution in [3.8, 4) is 0 Å². The van der Waals surface area contributed by atoms with Gasteiger partial charge in [-0.15, -0.1) is 0 Å². The molecule has 1 saturated heterocycles. The van der Waals surface area contributed by atoms with Crippen LogP contribution in [0.4, 0.5) is 4.39 Å². The van der Waals surface area contributed by atoms with Crippen molar-refractivity contribution in [2.75, 3.05) is 26.2 Å². The van der Waals surface area contributed by atoms with Gasteiger partial charge in [-0.25, -0.2) is 4.39 Å². The fourth-order valence-corrected chi connectivity index (χ4v) is 5.14. The molecular weight excluding hydrogens is 419 g/mol. The molecule has 0 aliphatic carbocycles. The van der Waals surface area contributed by atoms with E-state index in [1.54, 1.807) is 17.0 Å². The molecule has 1 amide bonds. The fraction of sp³-hybridized carbons (Fsp3) is 0.370. The molecule has 2 heterocycles. The highest BCUT2D eigenvalue weighted by atomic mass is 19.1. The SMILES string of the molecule is O=C1c2cccc3cccc(c23)C(O)N1CCN1CCC(O)(CCc2ccc(F)cc2)CC1. The normalized spacial score (nSPS) is 20.4. The summed E-state index contributed by atoms with van der Waals surface area (Å²) in [6.07, 6.45) is 1.74. The van der Waals surface area contributed by atoms with Crippen molar-refractivity contribution in [3.05, 3.63) is 83.2 Å². The molecule has 172 valence electrons. The first-order valence-electron chi connectivity index (χ1n) is 11.6. The summed E-state index contributed by atoms with van der Waals surface area (Å²) in [5, 5.41) is 23.7. The Morgan fingerprint density at radius 3 is 2.39 bits per heavy atom. The van der Waals surface area contributed by atoms with Gasteiger partial charge in [-0.2, -0.15) is 0 Å². The minimum Gasteiger partial charge on any atom is -0.390 e. The Balaban J connectivity index is 1.17. The van der Waals surface area contributed by atoms with Crippen LogP contribution in [0.15, 0.2) is 60.7 Å². The Kier molecular flexibility index (Phi) is 5.91. The second-order valence-corrected chi connectivity index (χ2v) is 9.32. The average molecular weight is 449 g/mol. The predicted molar refractivity (Wildman–Crippen MR) is 125 cm³/mol. The van der Waals surface area contributed by atoms with Gasteiger partial charge in [0.2, 0.25) is 0 Å². The number of nitrogens with zero attached hydrogens (tertiary/aromatic N) is 2. The molecule has 2 N–H and O–H groups in total. The molecule has 3 aromatic carbocycles. The molecule has 0 radical (unpaired) electrons. The lowest BCUT2D eigenvalue weighted by molar-refractivity contribution is -0.0345. The van der Waals surface area contributed by atoms with Crippen LogP contribution < -0.4 is 0 Å². The van der Waals surface area contributed by atoms with E-state index in [1.807, 2.05) is 36.4 Å². The van der Waals surface area contributed by atoms with Gasteiger partial charge in [0.1, 0.15) is 5.82 Å². The van der Waals surface area contributed by atoms with Crippen LogP contribution in [0.3, 0.4) is 0 Å². The molecule has 1 unspecified atom stereocenters. The number of aryl methyl sites for hydroxylation is 1. The fourth-order valence-electron chi connectivity index (χ4n) is 5.14. The Bertz CT molecular complexity index is 1150. The molecular formula is C27H29FN2O3. The van der Waals surface area contributed by atoms with Gasteiger partial charge in [-0.3, -0.25) is 4.79 Å². The average Bonchev–Trinajstić information content (AvgIpc) is 2.83. The van der Waals surface area contributed by atoms with Crippen LogP contribution in [0.25, 0.3) is 10.8 Å². The summed E-state index contributed by atoms with van der Waals surface area (Å²) in [6.45, 7) is 2.56. The van der Waals surface area contributed by atoms with Gasteiger partial charge in [0.05, 0.1) is 5.60 Å². The number of piperidine rings is 1. The molecule has 5 nitrogen and oxygen atoms in total. The van der Waals surface area contributed by atoms with Crippen LogP contribution in [0.1, 0.15) is 47.0 Å². The molecule has 2 aliphatic rings. The number of carbonyl (C=O) groups excluding carboxylic acids is 1. The Labute approximate surface area is 193 Å². The maximum Gasteiger partial charge on any atom is 0.256 e. The first-order valence-corrected chi connectivity index (χ1v) is 11.6. The highest BCUT2D eigenvalue weighted by Crippen LogP contribution is 2.35. The van der Waals surface area contributed by atoms with Gasteiger partial charge < -0.3 is 20.0 Å². The minimum atomic E-state index is -0.950. The molecule has 1 atom stereocenters. The molecule has 6 heteroatoms. The Morgan fingerprint density at radius 2 is 1.67 bits per heavy atom. The molecule has 0 spiro atoms.